The standard InChI is InChI=1S/C16H19FN2O/c1-19(2)15-10-6-5-9-14(15)18-11-16(20)12-7-3-4-8-13(12)17/h3-10,16,18,20H,11H2,1-2H3. The number of anilines is 2. The van der Waals surface area contributed by atoms with E-state index in [1.54, 1.807) is 18.2 Å². The summed E-state index contributed by atoms with van der Waals surface area (Å²) in [4.78, 5) is 1.98. The minimum atomic E-state index is -0.883. The summed E-state index contributed by atoms with van der Waals surface area (Å²) in [6.45, 7) is 0.256. The predicted molar refractivity (Wildman–Crippen MR) is 80.6 cm³/mol. The molecule has 1 unspecified atom stereocenters. The van der Waals surface area contributed by atoms with Gasteiger partial charge in [0, 0.05) is 26.2 Å². The molecule has 0 saturated heterocycles. The second-order valence-electron chi connectivity index (χ2n) is 4.83. The summed E-state index contributed by atoms with van der Waals surface area (Å²) in [7, 11) is 3.90. The van der Waals surface area contributed by atoms with Crippen molar-refractivity contribution in [3.05, 3.63) is 59.9 Å². The lowest BCUT2D eigenvalue weighted by molar-refractivity contribution is 0.186. The fourth-order valence-corrected chi connectivity index (χ4v) is 2.08. The van der Waals surface area contributed by atoms with Crippen molar-refractivity contribution >= 4 is 11.4 Å². The maximum absolute atomic E-state index is 13.6. The van der Waals surface area contributed by atoms with Gasteiger partial charge in [0.25, 0.3) is 0 Å². The van der Waals surface area contributed by atoms with Gasteiger partial charge < -0.3 is 15.3 Å². The van der Waals surface area contributed by atoms with Gasteiger partial charge in [-0.2, -0.15) is 0 Å². The van der Waals surface area contributed by atoms with E-state index in [0.29, 0.717) is 5.56 Å². The number of halogens is 1. The molecule has 106 valence electrons. The first-order valence-corrected chi connectivity index (χ1v) is 6.52. The van der Waals surface area contributed by atoms with Crippen LogP contribution in [0.4, 0.5) is 15.8 Å². The Morgan fingerprint density at radius 2 is 1.75 bits per heavy atom. The number of hydrogen-bond donors (Lipinski definition) is 2. The summed E-state index contributed by atoms with van der Waals surface area (Å²) >= 11 is 0. The number of benzene rings is 2. The molecule has 3 nitrogen and oxygen atoms in total. The van der Waals surface area contributed by atoms with Crippen LogP contribution in [0.2, 0.25) is 0 Å². The van der Waals surface area contributed by atoms with Gasteiger partial charge in [-0.25, -0.2) is 4.39 Å². The quantitative estimate of drug-likeness (QED) is 0.879. The maximum Gasteiger partial charge on any atom is 0.129 e. The highest BCUT2D eigenvalue weighted by Gasteiger charge is 2.12. The van der Waals surface area contributed by atoms with Gasteiger partial charge in [-0.3, -0.25) is 0 Å². The first kappa shape index (κ1) is 14.3. The van der Waals surface area contributed by atoms with Crippen LogP contribution in [0.15, 0.2) is 48.5 Å². The highest BCUT2D eigenvalue weighted by Crippen LogP contribution is 2.25. The molecule has 4 heteroatoms. The molecule has 0 bridgehead atoms. The van der Waals surface area contributed by atoms with Crippen LogP contribution in [-0.2, 0) is 0 Å². The average Bonchev–Trinajstić information content (AvgIpc) is 2.45. The van der Waals surface area contributed by atoms with E-state index in [4.69, 9.17) is 0 Å². The molecule has 0 aliphatic carbocycles. The predicted octanol–water partition coefficient (Wildman–Crippen LogP) is 3.04. The van der Waals surface area contributed by atoms with Gasteiger partial charge in [-0.15, -0.1) is 0 Å². The van der Waals surface area contributed by atoms with Crippen LogP contribution < -0.4 is 10.2 Å². The first-order valence-electron chi connectivity index (χ1n) is 6.52. The Balaban J connectivity index is 2.08. The fraction of sp³-hybridized carbons (Fsp3) is 0.250. The Labute approximate surface area is 118 Å². The molecule has 0 saturated carbocycles. The third-order valence-electron chi connectivity index (χ3n) is 3.14. The summed E-state index contributed by atoms with van der Waals surface area (Å²) in [6.07, 6.45) is -0.883. The fourth-order valence-electron chi connectivity index (χ4n) is 2.08. The van der Waals surface area contributed by atoms with Gasteiger partial charge in [0.1, 0.15) is 5.82 Å². The van der Waals surface area contributed by atoms with Crippen molar-refractivity contribution in [2.75, 3.05) is 30.9 Å². The summed E-state index contributed by atoms with van der Waals surface area (Å²) in [5, 5.41) is 13.2. The Kier molecular flexibility index (Phi) is 4.58. The zero-order chi connectivity index (χ0) is 14.5. The minimum absolute atomic E-state index is 0.256. The summed E-state index contributed by atoms with van der Waals surface area (Å²) in [6, 6.07) is 14.1. The highest BCUT2D eigenvalue weighted by molar-refractivity contribution is 5.69. The van der Waals surface area contributed by atoms with Crippen molar-refractivity contribution in [2.24, 2.45) is 0 Å². The number of rotatable bonds is 5. The van der Waals surface area contributed by atoms with Crippen molar-refractivity contribution in [3.63, 3.8) is 0 Å². The first-order chi connectivity index (χ1) is 9.59. The van der Waals surface area contributed by atoms with E-state index < -0.39 is 6.10 Å². The number of aliphatic hydroxyl groups is 1. The smallest absolute Gasteiger partial charge is 0.129 e. The molecule has 1 atom stereocenters. The van der Waals surface area contributed by atoms with Crippen LogP contribution in [0, 0.1) is 5.82 Å². The zero-order valence-electron chi connectivity index (χ0n) is 11.7. The van der Waals surface area contributed by atoms with E-state index in [1.807, 2.05) is 43.3 Å². The highest BCUT2D eigenvalue weighted by atomic mass is 19.1. The molecular formula is C16H19FN2O. The van der Waals surface area contributed by atoms with Gasteiger partial charge >= 0.3 is 0 Å². The van der Waals surface area contributed by atoms with E-state index in [1.165, 1.54) is 6.07 Å². The van der Waals surface area contributed by atoms with Gasteiger partial charge in [0.2, 0.25) is 0 Å². The zero-order valence-corrected chi connectivity index (χ0v) is 11.7. The Bertz CT molecular complexity index is 572. The van der Waals surface area contributed by atoms with Crippen LogP contribution >= 0.6 is 0 Å². The van der Waals surface area contributed by atoms with Crippen LogP contribution in [0.3, 0.4) is 0 Å². The number of aliphatic hydroxyl groups excluding tert-OH is 1. The molecule has 0 aliphatic heterocycles. The van der Waals surface area contributed by atoms with E-state index in [2.05, 4.69) is 5.32 Å². The molecule has 2 aromatic carbocycles. The number of hydrogen-bond acceptors (Lipinski definition) is 3. The monoisotopic (exact) mass is 274 g/mol. The maximum atomic E-state index is 13.6. The molecule has 2 aromatic rings. The molecule has 2 rings (SSSR count). The van der Waals surface area contributed by atoms with E-state index >= 15 is 0 Å². The third-order valence-corrected chi connectivity index (χ3v) is 3.14. The van der Waals surface area contributed by atoms with Crippen molar-refractivity contribution in [1.29, 1.82) is 0 Å². The van der Waals surface area contributed by atoms with Gasteiger partial charge in [-0.1, -0.05) is 30.3 Å². The third kappa shape index (κ3) is 3.27. The van der Waals surface area contributed by atoms with Gasteiger partial charge in [0.15, 0.2) is 0 Å². The van der Waals surface area contributed by atoms with Crippen LogP contribution in [0.25, 0.3) is 0 Å². The lowest BCUT2D eigenvalue weighted by atomic mass is 10.1. The van der Waals surface area contributed by atoms with Crippen molar-refractivity contribution in [1.82, 2.24) is 0 Å². The van der Waals surface area contributed by atoms with E-state index in [0.717, 1.165) is 11.4 Å². The molecule has 0 amide bonds. The van der Waals surface area contributed by atoms with Crippen LogP contribution in [-0.4, -0.2) is 25.7 Å². The molecular weight excluding hydrogens is 255 g/mol. The second kappa shape index (κ2) is 6.39. The average molecular weight is 274 g/mol. The van der Waals surface area contributed by atoms with E-state index in [9.17, 15) is 9.50 Å². The normalized spacial score (nSPS) is 12.0. The van der Waals surface area contributed by atoms with Crippen LogP contribution in [0.1, 0.15) is 11.7 Å². The summed E-state index contributed by atoms with van der Waals surface area (Å²) in [5.41, 5.74) is 2.24. The Hall–Kier alpha value is -2.07. The SMILES string of the molecule is CN(C)c1ccccc1NCC(O)c1ccccc1F. The van der Waals surface area contributed by atoms with Crippen molar-refractivity contribution < 1.29 is 9.50 Å². The van der Waals surface area contributed by atoms with Crippen molar-refractivity contribution in [2.45, 2.75) is 6.10 Å². The molecule has 0 radical (unpaired) electrons. The lowest BCUT2D eigenvalue weighted by Crippen LogP contribution is -2.16. The minimum Gasteiger partial charge on any atom is -0.386 e. The molecule has 0 fully saturated rings. The number of nitrogens with zero attached hydrogens (tertiary/aromatic N) is 1. The van der Waals surface area contributed by atoms with Crippen molar-refractivity contribution in [3.8, 4) is 0 Å². The lowest BCUT2D eigenvalue weighted by Gasteiger charge is -2.20. The molecule has 0 heterocycles. The van der Waals surface area contributed by atoms with Crippen LogP contribution in [0.5, 0.6) is 0 Å². The summed E-state index contributed by atoms with van der Waals surface area (Å²) in [5.74, 6) is -0.386. The molecule has 0 aromatic heterocycles. The topological polar surface area (TPSA) is 35.5 Å². The molecule has 0 spiro atoms. The Morgan fingerprint density at radius 3 is 2.45 bits per heavy atom. The molecule has 2 N–H and O–H groups in total. The Morgan fingerprint density at radius 1 is 1.10 bits per heavy atom. The molecule has 0 aliphatic rings. The van der Waals surface area contributed by atoms with Gasteiger partial charge in [-0.05, 0) is 18.2 Å². The largest absolute Gasteiger partial charge is 0.386 e. The summed E-state index contributed by atoms with van der Waals surface area (Å²) < 4.78 is 13.6. The van der Waals surface area contributed by atoms with Gasteiger partial charge in [0.05, 0.1) is 17.5 Å². The number of nitrogens with one attached hydrogen (secondary N) is 1. The number of para-hydroxylation sites is 2. The second-order valence-corrected chi connectivity index (χ2v) is 4.83. The molecule has 20 heavy (non-hydrogen) atoms. The van der Waals surface area contributed by atoms with E-state index in [-0.39, 0.29) is 12.4 Å².